The van der Waals surface area contributed by atoms with Gasteiger partial charge in [0.2, 0.25) is 7.37 Å². The molecule has 1 N–H and O–H groups in total. The van der Waals surface area contributed by atoms with Crippen LogP contribution in [0.25, 0.3) is 10.8 Å². The van der Waals surface area contributed by atoms with Gasteiger partial charge in [0.05, 0.1) is 0 Å². The Morgan fingerprint density at radius 1 is 0.920 bits per heavy atom. The third-order valence-corrected chi connectivity index (χ3v) is 6.85. The second-order valence-corrected chi connectivity index (χ2v) is 9.35. The van der Waals surface area contributed by atoms with Gasteiger partial charge < -0.3 is 4.89 Å². The van der Waals surface area contributed by atoms with E-state index < -0.39 is 7.37 Å². The lowest BCUT2D eigenvalue weighted by atomic mass is 10.0. The van der Waals surface area contributed by atoms with E-state index in [4.69, 9.17) is 0 Å². The van der Waals surface area contributed by atoms with E-state index in [1.165, 1.54) is 16.3 Å². The number of benzene rings is 3. The van der Waals surface area contributed by atoms with Gasteiger partial charge >= 0.3 is 0 Å². The zero-order chi connectivity index (χ0) is 17.7. The maximum Gasteiger partial charge on any atom is 0.201 e. The summed E-state index contributed by atoms with van der Waals surface area (Å²) in [5, 5.41) is 2.46. The van der Waals surface area contributed by atoms with Crippen LogP contribution < -0.4 is 0 Å². The maximum atomic E-state index is 12.6. The smallest absolute Gasteiger partial charge is 0.201 e. The second-order valence-electron chi connectivity index (χ2n) is 6.85. The quantitative estimate of drug-likeness (QED) is 0.542. The number of fused-ring (bicyclic) bond motifs is 1. The summed E-state index contributed by atoms with van der Waals surface area (Å²) in [7, 11) is -3.10. The van der Waals surface area contributed by atoms with Gasteiger partial charge in [-0.2, -0.15) is 0 Å². The average molecular weight is 352 g/mol. The molecule has 25 heavy (non-hydrogen) atoms. The fraction of sp³-hybridized carbons (Fsp3) is 0.273. The molecule has 0 saturated carbocycles. The lowest BCUT2D eigenvalue weighted by molar-refractivity contribution is 0.471. The zero-order valence-corrected chi connectivity index (χ0v) is 15.5. The molecule has 0 aliphatic carbocycles. The summed E-state index contributed by atoms with van der Waals surface area (Å²) in [6, 6.07) is 24.7. The van der Waals surface area contributed by atoms with Crippen LogP contribution in [0.1, 0.15) is 30.4 Å². The van der Waals surface area contributed by atoms with Crippen molar-refractivity contribution in [3.8, 4) is 0 Å². The largest absolute Gasteiger partial charge is 0.344 e. The van der Waals surface area contributed by atoms with Gasteiger partial charge in [-0.25, -0.2) is 0 Å². The first-order chi connectivity index (χ1) is 12.0. The van der Waals surface area contributed by atoms with E-state index in [0.29, 0.717) is 12.3 Å². The normalized spacial score (nSPS) is 15.0. The van der Waals surface area contributed by atoms with E-state index in [1.807, 2.05) is 49.4 Å². The Bertz CT molecular complexity index is 873. The second kappa shape index (κ2) is 7.99. The summed E-state index contributed by atoms with van der Waals surface area (Å²) in [6.45, 7) is 2.03. The van der Waals surface area contributed by atoms with Gasteiger partial charge in [-0.1, -0.05) is 79.7 Å². The Labute approximate surface area is 150 Å². The summed E-state index contributed by atoms with van der Waals surface area (Å²) in [4.78, 5) is 10.4. The lowest BCUT2D eigenvalue weighted by Crippen LogP contribution is -2.04. The third-order valence-electron chi connectivity index (χ3n) is 4.71. The SMILES string of the molecule is CC(CP(=O)(O)CCCc1ccc2ccccc2c1)c1ccccc1. The first kappa shape index (κ1) is 17.9. The molecule has 130 valence electrons. The van der Waals surface area contributed by atoms with Crippen LogP contribution in [0.4, 0.5) is 0 Å². The summed E-state index contributed by atoms with van der Waals surface area (Å²) < 4.78 is 12.6. The third kappa shape index (κ3) is 5.04. The first-order valence-electron chi connectivity index (χ1n) is 8.87. The Morgan fingerprint density at radius 3 is 2.36 bits per heavy atom. The minimum atomic E-state index is -3.10. The van der Waals surface area contributed by atoms with Crippen molar-refractivity contribution in [1.82, 2.24) is 0 Å². The fourth-order valence-electron chi connectivity index (χ4n) is 3.33. The number of hydrogen-bond acceptors (Lipinski definition) is 1. The topological polar surface area (TPSA) is 37.3 Å². The van der Waals surface area contributed by atoms with Crippen molar-refractivity contribution in [2.24, 2.45) is 0 Å². The highest BCUT2D eigenvalue weighted by Crippen LogP contribution is 2.45. The van der Waals surface area contributed by atoms with Gasteiger partial charge in [0, 0.05) is 12.3 Å². The fourth-order valence-corrected chi connectivity index (χ4v) is 5.23. The molecule has 0 aliphatic heterocycles. The number of aryl methyl sites for hydroxylation is 1. The van der Waals surface area contributed by atoms with Crippen molar-refractivity contribution in [1.29, 1.82) is 0 Å². The van der Waals surface area contributed by atoms with Gasteiger partial charge in [0.15, 0.2) is 0 Å². The highest BCUT2D eigenvalue weighted by Gasteiger charge is 2.22. The average Bonchev–Trinajstić information content (AvgIpc) is 2.62. The summed E-state index contributed by atoms with van der Waals surface area (Å²) >= 11 is 0. The summed E-state index contributed by atoms with van der Waals surface area (Å²) in [6.07, 6.45) is 2.33. The number of rotatable bonds is 7. The molecular formula is C22H25O2P. The minimum absolute atomic E-state index is 0.109. The Balaban J connectivity index is 1.55. The molecule has 3 rings (SSSR count). The Hall–Kier alpha value is -1.89. The predicted octanol–water partition coefficient (Wildman–Crippen LogP) is 5.85. The number of hydrogen-bond donors (Lipinski definition) is 1. The van der Waals surface area contributed by atoms with Crippen LogP contribution in [-0.4, -0.2) is 17.2 Å². The first-order valence-corrected chi connectivity index (χ1v) is 10.9. The minimum Gasteiger partial charge on any atom is -0.344 e. The highest BCUT2D eigenvalue weighted by molar-refractivity contribution is 7.58. The Kier molecular flexibility index (Phi) is 5.73. The van der Waals surface area contributed by atoms with Crippen LogP contribution in [0.3, 0.4) is 0 Å². The maximum absolute atomic E-state index is 12.6. The van der Waals surface area contributed by atoms with Crippen LogP contribution in [0, 0.1) is 0 Å². The van der Waals surface area contributed by atoms with E-state index in [-0.39, 0.29) is 5.92 Å². The van der Waals surface area contributed by atoms with Gasteiger partial charge in [-0.3, -0.25) is 4.57 Å². The van der Waals surface area contributed by atoms with Crippen LogP contribution in [0.2, 0.25) is 0 Å². The molecule has 3 heteroatoms. The van der Waals surface area contributed by atoms with E-state index in [2.05, 4.69) is 30.3 Å². The van der Waals surface area contributed by atoms with Crippen molar-refractivity contribution < 1.29 is 9.46 Å². The van der Waals surface area contributed by atoms with Gasteiger partial charge in [-0.05, 0) is 40.7 Å². The van der Waals surface area contributed by atoms with Crippen molar-refractivity contribution in [2.45, 2.75) is 25.7 Å². The van der Waals surface area contributed by atoms with Crippen molar-refractivity contribution >= 4 is 18.1 Å². The Morgan fingerprint density at radius 2 is 1.60 bits per heavy atom. The van der Waals surface area contributed by atoms with Crippen molar-refractivity contribution in [3.05, 3.63) is 83.9 Å². The van der Waals surface area contributed by atoms with Crippen LogP contribution in [0.15, 0.2) is 72.8 Å². The summed E-state index contributed by atoms with van der Waals surface area (Å²) in [5.74, 6) is 0.109. The molecule has 2 nitrogen and oxygen atoms in total. The highest BCUT2D eigenvalue weighted by atomic mass is 31.2. The van der Waals surface area contributed by atoms with E-state index in [0.717, 1.165) is 18.4 Å². The standard InChI is InChI=1S/C22H25O2P/c1-18(20-9-3-2-4-10-20)17-25(23,24)15-7-8-19-13-14-21-11-5-6-12-22(21)16-19/h2-6,9-14,16,18H,7-8,15,17H2,1H3,(H,23,24). The summed E-state index contributed by atoms with van der Waals surface area (Å²) in [5.41, 5.74) is 2.36. The van der Waals surface area contributed by atoms with E-state index in [9.17, 15) is 9.46 Å². The predicted molar refractivity (Wildman–Crippen MR) is 107 cm³/mol. The molecule has 0 amide bonds. The van der Waals surface area contributed by atoms with Gasteiger partial charge in [-0.15, -0.1) is 0 Å². The van der Waals surface area contributed by atoms with Crippen LogP contribution in [-0.2, 0) is 11.0 Å². The molecule has 2 unspecified atom stereocenters. The zero-order valence-electron chi connectivity index (χ0n) is 14.6. The van der Waals surface area contributed by atoms with Crippen LogP contribution in [0.5, 0.6) is 0 Å². The molecule has 0 bridgehead atoms. The molecule has 0 spiro atoms. The van der Waals surface area contributed by atoms with Gasteiger partial charge in [0.25, 0.3) is 0 Å². The molecule has 0 aromatic heterocycles. The molecule has 3 aromatic carbocycles. The van der Waals surface area contributed by atoms with E-state index in [1.54, 1.807) is 0 Å². The van der Waals surface area contributed by atoms with Gasteiger partial charge in [0.1, 0.15) is 0 Å². The molecule has 0 heterocycles. The van der Waals surface area contributed by atoms with Crippen molar-refractivity contribution in [2.75, 3.05) is 12.3 Å². The van der Waals surface area contributed by atoms with Crippen LogP contribution >= 0.6 is 7.37 Å². The molecule has 2 atom stereocenters. The monoisotopic (exact) mass is 352 g/mol. The molecular weight excluding hydrogens is 327 g/mol. The van der Waals surface area contributed by atoms with Crippen molar-refractivity contribution in [3.63, 3.8) is 0 Å². The lowest BCUT2D eigenvalue weighted by Gasteiger charge is -2.17. The van der Waals surface area contributed by atoms with E-state index >= 15 is 0 Å². The molecule has 3 aromatic rings. The molecule has 0 saturated heterocycles. The molecule has 0 radical (unpaired) electrons. The molecule has 0 fully saturated rings. The molecule has 0 aliphatic rings.